The fraction of sp³-hybridized carbons (Fsp3) is 0.688. The third-order valence-electron chi connectivity index (χ3n) is 2.92. The summed E-state index contributed by atoms with van der Waals surface area (Å²) in [7, 11) is 0. The number of nitrogens with one attached hydrogen (secondary N) is 1. The molecule has 1 unspecified atom stereocenters. The lowest BCUT2D eigenvalue weighted by molar-refractivity contribution is 0.0632. The molecular weight excluding hydrogens is 252 g/mol. The molecule has 0 aromatic carbocycles. The molecule has 1 aromatic rings. The van der Waals surface area contributed by atoms with Gasteiger partial charge in [-0.25, -0.2) is 4.98 Å². The third kappa shape index (κ3) is 6.35. The normalized spacial score (nSPS) is 12.7. The molecule has 1 atom stereocenters. The van der Waals surface area contributed by atoms with Gasteiger partial charge in [0.25, 0.3) is 0 Å². The molecule has 0 aliphatic carbocycles. The number of pyridine rings is 1. The van der Waals surface area contributed by atoms with Crippen molar-refractivity contribution >= 4 is 0 Å². The molecule has 0 aliphatic rings. The highest BCUT2D eigenvalue weighted by Gasteiger charge is 2.07. The summed E-state index contributed by atoms with van der Waals surface area (Å²) in [6.07, 6.45) is 0.0202. The average Bonchev–Trinajstić information content (AvgIpc) is 2.38. The minimum Gasteiger partial charge on any atom is -0.472 e. The lowest BCUT2D eigenvalue weighted by atomic mass is 10.2. The quantitative estimate of drug-likeness (QED) is 0.755. The fourth-order valence-corrected chi connectivity index (χ4v) is 1.84. The second-order valence-electron chi connectivity index (χ2n) is 5.51. The maximum absolute atomic E-state index is 5.74. The maximum Gasteiger partial charge on any atom is 0.213 e. The van der Waals surface area contributed by atoms with E-state index in [0.717, 1.165) is 18.8 Å². The number of nitrogens with zero attached hydrogens (tertiary/aromatic N) is 1. The van der Waals surface area contributed by atoms with Crippen LogP contribution in [0.2, 0.25) is 0 Å². The summed E-state index contributed by atoms with van der Waals surface area (Å²) in [5.41, 5.74) is 2.23. The number of hydrogen-bond donors (Lipinski definition) is 1. The molecule has 0 spiro atoms. The van der Waals surface area contributed by atoms with Gasteiger partial charge in [-0.05, 0) is 38.8 Å². The molecule has 1 aromatic heterocycles. The molecular formula is C16H28N2O2. The van der Waals surface area contributed by atoms with Crippen LogP contribution in [0.15, 0.2) is 12.1 Å². The van der Waals surface area contributed by atoms with E-state index in [1.54, 1.807) is 0 Å². The predicted octanol–water partition coefficient (Wildman–Crippen LogP) is 2.94. The van der Waals surface area contributed by atoms with Gasteiger partial charge in [-0.3, -0.25) is 0 Å². The molecule has 1 rings (SSSR count). The standard InChI is InChI=1S/C16H28N2O2/c1-6-19-11-13(4)20-16-8-7-15(14(5)18-16)10-17-9-12(2)3/h7-8,12-13,17H,6,9-11H2,1-5H3. The van der Waals surface area contributed by atoms with E-state index in [9.17, 15) is 0 Å². The van der Waals surface area contributed by atoms with Crippen LogP contribution in [0.3, 0.4) is 0 Å². The van der Waals surface area contributed by atoms with Crippen LogP contribution < -0.4 is 10.1 Å². The van der Waals surface area contributed by atoms with Crippen molar-refractivity contribution < 1.29 is 9.47 Å². The molecule has 0 saturated heterocycles. The number of aromatic nitrogens is 1. The van der Waals surface area contributed by atoms with Gasteiger partial charge in [0, 0.05) is 24.9 Å². The minimum absolute atomic E-state index is 0.0202. The molecule has 4 heteroatoms. The molecule has 0 bridgehead atoms. The van der Waals surface area contributed by atoms with Gasteiger partial charge in [0.2, 0.25) is 5.88 Å². The Labute approximate surface area is 122 Å². The number of aryl methyl sites for hydroxylation is 1. The second-order valence-corrected chi connectivity index (χ2v) is 5.51. The van der Waals surface area contributed by atoms with Crippen molar-refractivity contribution in [3.05, 3.63) is 23.4 Å². The van der Waals surface area contributed by atoms with Gasteiger partial charge in [0.05, 0.1) is 6.61 Å². The fourth-order valence-electron chi connectivity index (χ4n) is 1.84. The van der Waals surface area contributed by atoms with Crippen LogP contribution in [0, 0.1) is 12.8 Å². The van der Waals surface area contributed by atoms with Crippen LogP contribution in [0.5, 0.6) is 5.88 Å². The first kappa shape index (κ1) is 16.9. The molecule has 0 radical (unpaired) electrons. The highest BCUT2D eigenvalue weighted by molar-refractivity contribution is 5.25. The van der Waals surface area contributed by atoms with Crippen LogP contribution >= 0.6 is 0 Å². The Morgan fingerprint density at radius 2 is 2.00 bits per heavy atom. The highest BCUT2D eigenvalue weighted by Crippen LogP contribution is 2.14. The summed E-state index contributed by atoms with van der Waals surface area (Å²) in [4.78, 5) is 4.50. The zero-order valence-electron chi connectivity index (χ0n) is 13.4. The summed E-state index contributed by atoms with van der Waals surface area (Å²) in [6.45, 7) is 13.6. The van der Waals surface area contributed by atoms with Crippen LogP contribution in [0.4, 0.5) is 0 Å². The first-order valence-electron chi connectivity index (χ1n) is 7.44. The second kappa shape index (κ2) is 8.93. The molecule has 4 nitrogen and oxygen atoms in total. The number of ether oxygens (including phenoxy) is 2. The highest BCUT2D eigenvalue weighted by atomic mass is 16.5. The van der Waals surface area contributed by atoms with Gasteiger partial charge in [0.15, 0.2) is 0 Å². The van der Waals surface area contributed by atoms with Crippen molar-refractivity contribution in [2.75, 3.05) is 19.8 Å². The summed E-state index contributed by atoms with van der Waals surface area (Å²) >= 11 is 0. The Morgan fingerprint density at radius 3 is 2.60 bits per heavy atom. The van der Waals surface area contributed by atoms with Crippen molar-refractivity contribution in [3.8, 4) is 5.88 Å². The van der Waals surface area contributed by atoms with E-state index in [0.29, 0.717) is 25.0 Å². The van der Waals surface area contributed by atoms with Crippen molar-refractivity contribution in [2.24, 2.45) is 5.92 Å². The SMILES string of the molecule is CCOCC(C)Oc1ccc(CNCC(C)C)c(C)n1. The van der Waals surface area contributed by atoms with Gasteiger partial charge in [0.1, 0.15) is 6.10 Å². The van der Waals surface area contributed by atoms with Crippen molar-refractivity contribution in [1.29, 1.82) is 0 Å². The van der Waals surface area contributed by atoms with E-state index in [1.165, 1.54) is 5.56 Å². The van der Waals surface area contributed by atoms with Gasteiger partial charge in [-0.2, -0.15) is 0 Å². The van der Waals surface area contributed by atoms with Gasteiger partial charge in [-0.1, -0.05) is 19.9 Å². The lowest BCUT2D eigenvalue weighted by Crippen LogP contribution is -2.21. The number of hydrogen-bond acceptors (Lipinski definition) is 4. The molecule has 1 N–H and O–H groups in total. The lowest BCUT2D eigenvalue weighted by Gasteiger charge is -2.15. The molecule has 0 saturated carbocycles. The third-order valence-corrected chi connectivity index (χ3v) is 2.92. The Bertz CT molecular complexity index is 394. The Hall–Kier alpha value is -1.13. The van der Waals surface area contributed by atoms with E-state index in [1.807, 2.05) is 26.8 Å². The van der Waals surface area contributed by atoms with E-state index >= 15 is 0 Å². The predicted molar refractivity (Wildman–Crippen MR) is 82.1 cm³/mol. The van der Waals surface area contributed by atoms with Gasteiger partial charge < -0.3 is 14.8 Å². The van der Waals surface area contributed by atoms with Crippen LogP contribution in [0.1, 0.15) is 39.0 Å². The zero-order valence-corrected chi connectivity index (χ0v) is 13.4. The van der Waals surface area contributed by atoms with Crippen LogP contribution in [-0.2, 0) is 11.3 Å². The monoisotopic (exact) mass is 280 g/mol. The summed E-state index contributed by atoms with van der Waals surface area (Å²) in [5, 5.41) is 3.43. The first-order chi connectivity index (χ1) is 9.52. The Morgan fingerprint density at radius 1 is 1.25 bits per heavy atom. The van der Waals surface area contributed by atoms with E-state index in [2.05, 4.69) is 30.2 Å². The van der Waals surface area contributed by atoms with Crippen molar-refractivity contribution in [2.45, 2.75) is 47.3 Å². The Kier molecular flexibility index (Phi) is 7.55. The number of rotatable bonds is 9. The van der Waals surface area contributed by atoms with E-state index in [-0.39, 0.29) is 6.10 Å². The average molecular weight is 280 g/mol. The molecule has 0 aliphatic heterocycles. The van der Waals surface area contributed by atoms with Crippen molar-refractivity contribution in [3.63, 3.8) is 0 Å². The zero-order chi connectivity index (χ0) is 15.0. The molecule has 20 heavy (non-hydrogen) atoms. The minimum atomic E-state index is 0.0202. The molecule has 1 heterocycles. The maximum atomic E-state index is 5.74. The smallest absolute Gasteiger partial charge is 0.213 e. The molecule has 0 fully saturated rings. The Balaban J connectivity index is 2.50. The van der Waals surface area contributed by atoms with Crippen LogP contribution in [0.25, 0.3) is 0 Å². The van der Waals surface area contributed by atoms with Crippen molar-refractivity contribution in [1.82, 2.24) is 10.3 Å². The molecule has 0 amide bonds. The van der Waals surface area contributed by atoms with Crippen LogP contribution in [-0.4, -0.2) is 30.8 Å². The topological polar surface area (TPSA) is 43.4 Å². The summed E-state index contributed by atoms with van der Waals surface area (Å²) in [6, 6.07) is 4.01. The van der Waals surface area contributed by atoms with Gasteiger partial charge >= 0.3 is 0 Å². The molecule has 114 valence electrons. The largest absolute Gasteiger partial charge is 0.472 e. The van der Waals surface area contributed by atoms with E-state index < -0.39 is 0 Å². The van der Waals surface area contributed by atoms with E-state index in [4.69, 9.17) is 9.47 Å². The van der Waals surface area contributed by atoms with Gasteiger partial charge in [-0.15, -0.1) is 0 Å². The summed E-state index contributed by atoms with van der Waals surface area (Å²) in [5.74, 6) is 1.33. The first-order valence-corrected chi connectivity index (χ1v) is 7.44. The summed E-state index contributed by atoms with van der Waals surface area (Å²) < 4.78 is 11.1.